The lowest BCUT2D eigenvalue weighted by molar-refractivity contribution is 0.00578. The van der Waals surface area contributed by atoms with Crippen molar-refractivity contribution in [1.82, 2.24) is 9.55 Å². The van der Waals surface area contributed by atoms with Gasteiger partial charge >= 0.3 is 7.12 Å². The third-order valence-electron chi connectivity index (χ3n) is 4.08. The van der Waals surface area contributed by atoms with Crippen molar-refractivity contribution in [2.45, 2.75) is 65.2 Å². The summed E-state index contributed by atoms with van der Waals surface area (Å²) in [6, 6.07) is 0. The molecule has 1 aromatic rings. The smallest absolute Gasteiger partial charge is 0.398 e. The molecule has 1 N–H and O–H groups in total. The fraction of sp³-hybridized carbons (Fsp3) is 0.733. The summed E-state index contributed by atoms with van der Waals surface area (Å²) >= 11 is 0. The van der Waals surface area contributed by atoms with Gasteiger partial charge in [-0.25, -0.2) is 4.98 Å². The second-order valence-corrected chi connectivity index (χ2v) is 7.89. The molecule has 0 radical (unpaired) electrons. The molecule has 0 aliphatic carbocycles. The topological polar surface area (TPSA) is 65.4 Å². The van der Waals surface area contributed by atoms with E-state index in [9.17, 15) is 4.79 Å². The Kier molecular flexibility index (Phi) is 3.94. The quantitative estimate of drug-likeness (QED) is 0.834. The Morgan fingerprint density at radius 3 is 2.14 bits per heavy atom. The summed E-state index contributed by atoms with van der Waals surface area (Å²) in [5, 5.41) is 3.14. The molecule has 6 nitrogen and oxygen atoms in total. The van der Waals surface area contributed by atoms with Crippen LogP contribution in [0.4, 0.5) is 5.82 Å². The van der Waals surface area contributed by atoms with Crippen molar-refractivity contribution in [2.24, 2.45) is 7.05 Å². The zero-order chi connectivity index (χ0) is 16.9. The molecule has 22 heavy (non-hydrogen) atoms. The van der Waals surface area contributed by atoms with Gasteiger partial charge in [0.25, 0.3) is 5.56 Å². The maximum Gasteiger partial charge on any atom is 0.516 e. The van der Waals surface area contributed by atoms with Crippen molar-refractivity contribution in [3.8, 4) is 0 Å². The maximum absolute atomic E-state index is 12.2. The zero-order valence-corrected chi connectivity index (χ0v) is 14.8. The highest BCUT2D eigenvalue weighted by Gasteiger charge is 2.52. The van der Waals surface area contributed by atoms with Gasteiger partial charge in [-0.2, -0.15) is 0 Å². The summed E-state index contributed by atoms with van der Waals surface area (Å²) in [6.07, 6.45) is 1.66. The van der Waals surface area contributed by atoms with Crippen LogP contribution in [-0.2, 0) is 16.4 Å². The Labute approximate surface area is 132 Å². The van der Waals surface area contributed by atoms with E-state index in [0.717, 1.165) is 0 Å². The van der Waals surface area contributed by atoms with Crippen LogP contribution in [0.5, 0.6) is 0 Å². The highest BCUT2D eigenvalue weighted by atomic mass is 16.7. The molecule has 1 saturated heterocycles. The van der Waals surface area contributed by atoms with E-state index in [4.69, 9.17) is 9.31 Å². The van der Waals surface area contributed by atoms with E-state index in [1.807, 2.05) is 48.5 Å². The summed E-state index contributed by atoms with van der Waals surface area (Å²) in [6.45, 7) is 13.9. The van der Waals surface area contributed by atoms with Crippen LogP contribution in [0, 0.1) is 0 Å². The maximum atomic E-state index is 12.2. The number of nitrogens with zero attached hydrogens (tertiary/aromatic N) is 2. The van der Waals surface area contributed by atoms with Crippen molar-refractivity contribution in [2.75, 3.05) is 5.32 Å². The highest BCUT2D eigenvalue weighted by Crippen LogP contribution is 2.36. The Bertz CT molecular complexity index is 616. The second kappa shape index (κ2) is 5.10. The van der Waals surface area contributed by atoms with Gasteiger partial charge in [-0.3, -0.25) is 4.79 Å². The minimum absolute atomic E-state index is 0.171. The van der Waals surface area contributed by atoms with Gasteiger partial charge in [0, 0.05) is 18.8 Å². The molecule has 0 saturated carbocycles. The van der Waals surface area contributed by atoms with Gasteiger partial charge < -0.3 is 19.2 Å². The van der Waals surface area contributed by atoms with E-state index in [0.29, 0.717) is 11.4 Å². The largest absolute Gasteiger partial charge is 0.516 e. The summed E-state index contributed by atoms with van der Waals surface area (Å²) in [4.78, 5) is 16.7. The monoisotopic (exact) mass is 307 g/mol. The molecule has 122 valence electrons. The van der Waals surface area contributed by atoms with Gasteiger partial charge in [0.2, 0.25) is 0 Å². The Morgan fingerprint density at radius 1 is 1.18 bits per heavy atom. The fourth-order valence-corrected chi connectivity index (χ4v) is 2.14. The van der Waals surface area contributed by atoms with Gasteiger partial charge in [-0.05, 0) is 48.5 Å². The molecule has 1 aromatic heterocycles. The average molecular weight is 307 g/mol. The third-order valence-corrected chi connectivity index (χ3v) is 4.08. The van der Waals surface area contributed by atoms with Gasteiger partial charge in [0.05, 0.1) is 16.8 Å². The summed E-state index contributed by atoms with van der Waals surface area (Å²) in [5.41, 5.74) is -0.715. The van der Waals surface area contributed by atoms with E-state index in [1.54, 1.807) is 13.2 Å². The van der Waals surface area contributed by atoms with Crippen molar-refractivity contribution in [1.29, 1.82) is 0 Å². The van der Waals surface area contributed by atoms with E-state index in [-0.39, 0.29) is 11.1 Å². The van der Waals surface area contributed by atoms with Crippen LogP contribution in [0.15, 0.2) is 11.0 Å². The fourth-order valence-electron chi connectivity index (χ4n) is 2.14. The lowest BCUT2D eigenvalue weighted by Crippen LogP contribution is -2.42. The van der Waals surface area contributed by atoms with E-state index in [2.05, 4.69) is 10.3 Å². The summed E-state index contributed by atoms with van der Waals surface area (Å²) in [5.74, 6) is 0.308. The molecule has 7 heteroatoms. The molecule has 2 rings (SSSR count). The first-order valence-corrected chi connectivity index (χ1v) is 7.54. The molecule has 0 amide bonds. The Morgan fingerprint density at radius 2 is 1.68 bits per heavy atom. The van der Waals surface area contributed by atoms with E-state index in [1.165, 1.54) is 4.57 Å². The van der Waals surface area contributed by atoms with Crippen LogP contribution in [0.1, 0.15) is 48.5 Å². The van der Waals surface area contributed by atoms with Crippen LogP contribution in [-0.4, -0.2) is 33.4 Å². The van der Waals surface area contributed by atoms with Crippen LogP contribution in [0.25, 0.3) is 0 Å². The molecule has 2 heterocycles. The predicted octanol–water partition coefficient (Wildman–Crippen LogP) is 1.29. The van der Waals surface area contributed by atoms with Crippen molar-refractivity contribution in [3.05, 3.63) is 16.6 Å². The first kappa shape index (κ1) is 17.0. The van der Waals surface area contributed by atoms with Gasteiger partial charge in [0.15, 0.2) is 5.82 Å². The lowest BCUT2D eigenvalue weighted by atomic mass is 9.85. The van der Waals surface area contributed by atoms with Gasteiger partial charge in [0.1, 0.15) is 0 Å². The molecule has 0 spiro atoms. The van der Waals surface area contributed by atoms with Gasteiger partial charge in [-0.1, -0.05) is 0 Å². The molecule has 0 bridgehead atoms. The zero-order valence-electron chi connectivity index (χ0n) is 14.8. The number of rotatable bonds is 2. The van der Waals surface area contributed by atoms with Crippen molar-refractivity contribution >= 4 is 18.5 Å². The number of aromatic nitrogens is 2. The third kappa shape index (κ3) is 3.20. The number of nitrogens with one attached hydrogen (secondary N) is 1. The molecule has 1 aliphatic rings. The first-order chi connectivity index (χ1) is 9.82. The molecular weight excluding hydrogens is 281 g/mol. The summed E-state index contributed by atoms with van der Waals surface area (Å²) in [7, 11) is 1.12. The Hall–Kier alpha value is -1.34. The molecule has 0 aromatic carbocycles. The normalized spacial score (nSPS) is 20.3. The SMILES string of the molecule is Cn1cc(B2OC(C)(C)C(C)(C)O2)nc(NC(C)(C)C)c1=O. The minimum atomic E-state index is -0.586. The molecule has 1 fully saturated rings. The average Bonchev–Trinajstić information content (AvgIpc) is 2.52. The molecule has 0 unspecified atom stereocenters. The predicted molar refractivity (Wildman–Crippen MR) is 88.6 cm³/mol. The van der Waals surface area contributed by atoms with Crippen molar-refractivity contribution in [3.63, 3.8) is 0 Å². The number of aryl methyl sites for hydroxylation is 1. The van der Waals surface area contributed by atoms with Gasteiger partial charge in [-0.15, -0.1) is 0 Å². The molecular formula is C15H26BN3O3. The van der Waals surface area contributed by atoms with Crippen LogP contribution in [0.3, 0.4) is 0 Å². The number of anilines is 1. The lowest BCUT2D eigenvalue weighted by Gasteiger charge is -2.32. The van der Waals surface area contributed by atoms with Crippen LogP contribution in [0.2, 0.25) is 0 Å². The first-order valence-electron chi connectivity index (χ1n) is 7.54. The molecule has 1 aliphatic heterocycles. The van der Waals surface area contributed by atoms with Crippen LogP contribution >= 0.6 is 0 Å². The second-order valence-electron chi connectivity index (χ2n) is 7.89. The standard InChI is InChI=1S/C15H26BN3O3/c1-13(2,3)18-11-12(20)19(8)9-10(17-11)16-21-14(4,5)15(6,7)22-16/h9H,1-8H3,(H,17,18). The van der Waals surface area contributed by atoms with E-state index >= 15 is 0 Å². The molecule has 0 atom stereocenters. The number of hydrogen-bond donors (Lipinski definition) is 1. The summed E-state index contributed by atoms with van der Waals surface area (Å²) < 4.78 is 13.5. The highest BCUT2D eigenvalue weighted by molar-refractivity contribution is 6.61. The van der Waals surface area contributed by atoms with E-state index < -0.39 is 18.3 Å². The Balaban J connectivity index is 2.40. The van der Waals surface area contributed by atoms with Crippen molar-refractivity contribution < 1.29 is 9.31 Å². The number of hydrogen-bond acceptors (Lipinski definition) is 5. The minimum Gasteiger partial charge on any atom is -0.398 e. The van der Waals surface area contributed by atoms with Crippen LogP contribution < -0.4 is 16.5 Å².